The van der Waals surface area contributed by atoms with E-state index in [1.54, 1.807) is 24.5 Å². The molecule has 0 spiro atoms. The van der Waals surface area contributed by atoms with E-state index in [4.69, 9.17) is 0 Å². The van der Waals surface area contributed by atoms with Crippen LogP contribution in [0, 0.1) is 5.92 Å². The summed E-state index contributed by atoms with van der Waals surface area (Å²) in [7, 11) is 0. The first kappa shape index (κ1) is 21.8. The van der Waals surface area contributed by atoms with Gasteiger partial charge < -0.3 is 10.6 Å². The predicted molar refractivity (Wildman–Crippen MR) is 126 cm³/mol. The third-order valence-corrected chi connectivity index (χ3v) is 6.03. The minimum atomic E-state index is -0.148. The van der Waals surface area contributed by atoms with Crippen LogP contribution in [-0.4, -0.2) is 16.8 Å². The number of pyridine rings is 1. The summed E-state index contributed by atoms with van der Waals surface area (Å²) in [6, 6.07) is 19.3. The molecule has 2 N–H and O–H groups in total. The number of carbonyl (C=O) groups excluding carboxylic acids is 2. The Morgan fingerprint density at radius 2 is 1.41 bits per heavy atom. The number of hydrogen-bond donors (Lipinski definition) is 2. The highest BCUT2D eigenvalue weighted by Gasteiger charge is 2.20. The molecule has 5 nitrogen and oxygen atoms in total. The Balaban J connectivity index is 1.27. The van der Waals surface area contributed by atoms with Crippen molar-refractivity contribution in [2.75, 3.05) is 5.32 Å². The standard InChI is InChI=1S/C27H29N3O2/c31-26(23-4-2-1-3-5-23)29-19-22-6-10-24(11-7-22)27(32)30-25-12-8-20(9-13-25)18-21-14-16-28-17-15-21/h6-17,23H,1-5,18-19H2,(H,29,31)(H,30,32). The zero-order valence-electron chi connectivity index (χ0n) is 18.2. The summed E-state index contributed by atoms with van der Waals surface area (Å²) in [4.78, 5) is 28.9. The van der Waals surface area contributed by atoms with Gasteiger partial charge in [-0.1, -0.05) is 43.5 Å². The molecule has 0 bridgehead atoms. The van der Waals surface area contributed by atoms with Gasteiger partial charge in [-0.25, -0.2) is 0 Å². The lowest BCUT2D eigenvalue weighted by Crippen LogP contribution is -2.31. The minimum Gasteiger partial charge on any atom is -0.352 e. The molecular formula is C27H29N3O2. The van der Waals surface area contributed by atoms with Crippen LogP contribution in [0.15, 0.2) is 73.1 Å². The molecular weight excluding hydrogens is 398 g/mol. The molecule has 2 aromatic carbocycles. The molecule has 0 saturated heterocycles. The van der Waals surface area contributed by atoms with Gasteiger partial charge in [0, 0.05) is 36.1 Å². The van der Waals surface area contributed by atoms with Gasteiger partial charge in [-0.15, -0.1) is 0 Å². The van der Waals surface area contributed by atoms with Crippen LogP contribution < -0.4 is 10.6 Å². The summed E-state index contributed by atoms with van der Waals surface area (Å²) in [6.45, 7) is 0.496. The third kappa shape index (κ3) is 6.03. The SMILES string of the molecule is O=C(Nc1ccc(Cc2ccncc2)cc1)c1ccc(CNC(=O)C2CCCCC2)cc1. The summed E-state index contributed by atoms with van der Waals surface area (Å²) in [5.74, 6) is 0.161. The summed E-state index contributed by atoms with van der Waals surface area (Å²) in [6.07, 6.45) is 9.94. The van der Waals surface area contributed by atoms with Crippen LogP contribution in [0.5, 0.6) is 0 Å². The Hall–Kier alpha value is -3.47. The Labute approximate surface area is 189 Å². The van der Waals surface area contributed by atoms with Gasteiger partial charge in [0.25, 0.3) is 5.91 Å². The Morgan fingerprint density at radius 1 is 0.781 bits per heavy atom. The lowest BCUT2D eigenvalue weighted by molar-refractivity contribution is -0.126. The first-order valence-electron chi connectivity index (χ1n) is 11.3. The van der Waals surface area contributed by atoms with Crippen LogP contribution in [-0.2, 0) is 17.8 Å². The second-order valence-electron chi connectivity index (χ2n) is 8.43. The van der Waals surface area contributed by atoms with Gasteiger partial charge in [0.2, 0.25) is 5.91 Å². The quantitative estimate of drug-likeness (QED) is 0.550. The van der Waals surface area contributed by atoms with Crippen molar-refractivity contribution in [3.05, 3.63) is 95.3 Å². The average Bonchev–Trinajstić information content (AvgIpc) is 2.85. The molecule has 0 aliphatic heterocycles. The Morgan fingerprint density at radius 3 is 2.09 bits per heavy atom. The first-order chi connectivity index (χ1) is 15.7. The Bertz CT molecular complexity index is 1020. The fraction of sp³-hybridized carbons (Fsp3) is 0.296. The van der Waals surface area contributed by atoms with E-state index in [2.05, 4.69) is 15.6 Å². The average molecular weight is 428 g/mol. The summed E-state index contributed by atoms with van der Waals surface area (Å²) < 4.78 is 0. The molecule has 5 heteroatoms. The summed E-state index contributed by atoms with van der Waals surface area (Å²) in [5, 5.41) is 5.98. The molecule has 32 heavy (non-hydrogen) atoms. The lowest BCUT2D eigenvalue weighted by Gasteiger charge is -2.20. The second kappa shape index (κ2) is 10.7. The highest BCUT2D eigenvalue weighted by atomic mass is 16.2. The van der Waals surface area contributed by atoms with E-state index < -0.39 is 0 Å². The molecule has 0 radical (unpaired) electrons. The molecule has 1 saturated carbocycles. The highest BCUT2D eigenvalue weighted by Crippen LogP contribution is 2.23. The van der Waals surface area contributed by atoms with E-state index >= 15 is 0 Å². The number of carbonyl (C=O) groups is 2. The van der Waals surface area contributed by atoms with E-state index in [1.807, 2.05) is 48.5 Å². The number of amides is 2. The smallest absolute Gasteiger partial charge is 0.255 e. The Kier molecular flexibility index (Phi) is 7.28. The van der Waals surface area contributed by atoms with Crippen molar-refractivity contribution in [3.8, 4) is 0 Å². The van der Waals surface area contributed by atoms with E-state index in [1.165, 1.54) is 17.5 Å². The first-order valence-corrected chi connectivity index (χ1v) is 11.3. The molecule has 1 aliphatic rings. The lowest BCUT2D eigenvalue weighted by atomic mass is 9.88. The predicted octanol–water partition coefficient (Wildman–Crippen LogP) is 5.12. The van der Waals surface area contributed by atoms with E-state index in [0.717, 1.165) is 43.4 Å². The topological polar surface area (TPSA) is 71.1 Å². The molecule has 1 aromatic heterocycles. The molecule has 1 heterocycles. The van der Waals surface area contributed by atoms with Crippen LogP contribution in [0.1, 0.15) is 59.2 Å². The van der Waals surface area contributed by atoms with Gasteiger partial charge in [0.1, 0.15) is 0 Å². The van der Waals surface area contributed by atoms with Gasteiger partial charge in [0.05, 0.1) is 0 Å². The van der Waals surface area contributed by atoms with Gasteiger partial charge >= 0.3 is 0 Å². The number of nitrogens with one attached hydrogen (secondary N) is 2. The third-order valence-electron chi connectivity index (χ3n) is 6.03. The van der Waals surface area contributed by atoms with Gasteiger partial charge in [-0.2, -0.15) is 0 Å². The molecule has 4 rings (SSSR count). The van der Waals surface area contributed by atoms with Crippen molar-refractivity contribution in [2.24, 2.45) is 5.92 Å². The molecule has 2 amide bonds. The number of benzene rings is 2. The van der Waals surface area contributed by atoms with Crippen molar-refractivity contribution in [3.63, 3.8) is 0 Å². The monoisotopic (exact) mass is 427 g/mol. The highest BCUT2D eigenvalue weighted by molar-refractivity contribution is 6.04. The number of hydrogen-bond acceptors (Lipinski definition) is 3. The maximum Gasteiger partial charge on any atom is 0.255 e. The van der Waals surface area contributed by atoms with Crippen molar-refractivity contribution in [1.82, 2.24) is 10.3 Å². The van der Waals surface area contributed by atoms with E-state index in [0.29, 0.717) is 12.1 Å². The molecule has 0 unspecified atom stereocenters. The zero-order valence-corrected chi connectivity index (χ0v) is 18.2. The zero-order chi connectivity index (χ0) is 22.2. The van der Waals surface area contributed by atoms with Gasteiger partial charge in [-0.3, -0.25) is 14.6 Å². The van der Waals surface area contributed by atoms with Crippen molar-refractivity contribution in [2.45, 2.75) is 45.1 Å². The van der Waals surface area contributed by atoms with Crippen molar-refractivity contribution in [1.29, 1.82) is 0 Å². The van der Waals surface area contributed by atoms with E-state index in [-0.39, 0.29) is 17.7 Å². The number of aromatic nitrogens is 1. The largest absolute Gasteiger partial charge is 0.352 e. The molecule has 1 aliphatic carbocycles. The minimum absolute atomic E-state index is 0.148. The van der Waals surface area contributed by atoms with Crippen molar-refractivity contribution >= 4 is 17.5 Å². The van der Waals surface area contributed by atoms with Gasteiger partial charge in [0.15, 0.2) is 0 Å². The fourth-order valence-corrected chi connectivity index (χ4v) is 4.12. The van der Waals surface area contributed by atoms with E-state index in [9.17, 15) is 9.59 Å². The maximum absolute atomic E-state index is 12.6. The second-order valence-corrected chi connectivity index (χ2v) is 8.43. The molecule has 0 atom stereocenters. The van der Waals surface area contributed by atoms with Crippen LogP contribution in [0.3, 0.4) is 0 Å². The maximum atomic E-state index is 12.6. The number of nitrogens with zero attached hydrogens (tertiary/aromatic N) is 1. The number of rotatable bonds is 7. The summed E-state index contributed by atoms with van der Waals surface area (Å²) >= 11 is 0. The van der Waals surface area contributed by atoms with Crippen LogP contribution in [0.25, 0.3) is 0 Å². The number of anilines is 1. The van der Waals surface area contributed by atoms with Crippen LogP contribution in [0.4, 0.5) is 5.69 Å². The summed E-state index contributed by atoms with van der Waals surface area (Å²) in [5.41, 5.74) is 4.72. The van der Waals surface area contributed by atoms with Crippen LogP contribution >= 0.6 is 0 Å². The van der Waals surface area contributed by atoms with Crippen molar-refractivity contribution < 1.29 is 9.59 Å². The molecule has 3 aromatic rings. The molecule has 1 fully saturated rings. The molecule has 164 valence electrons. The normalized spacial score (nSPS) is 14.0. The fourth-order valence-electron chi connectivity index (χ4n) is 4.12. The van der Waals surface area contributed by atoms with Gasteiger partial charge in [-0.05, 0) is 72.4 Å². The van der Waals surface area contributed by atoms with Crippen LogP contribution in [0.2, 0.25) is 0 Å².